The Kier molecular flexibility index (Phi) is 5.68. The molecule has 11 nitrogen and oxygen atoms in total. The van der Waals surface area contributed by atoms with Crippen LogP contribution in [0, 0.1) is 5.92 Å². The fourth-order valence-electron chi connectivity index (χ4n) is 5.71. The summed E-state index contributed by atoms with van der Waals surface area (Å²) in [6, 6.07) is 0. The number of fused-ring (bicyclic) bond motifs is 1. The van der Waals surface area contributed by atoms with Crippen molar-refractivity contribution in [2.24, 2.45) is 5.92 Å². The second-order valence-electron chi connectivity index (χ2n) is 10.1. The number of likely N-dealkylation sites (tertiary alicyclic amines) is 1. The highest BCUT2D eigenvalue weighted by Crippen LogP contribution is 2.41. The molecule has 0 bridgehead atoms. The first kappa shape index (κ1) is 22.4. The van der Waals surface area contributed by atoms with E-state index in [1.807, 2.05) is 4.90 Å². The van der Waals surface area contributed by atoms with Gasteiger partial charge in [-0.25, -0.2) is 15.0 Å². The molecule has 186 valence electrons. The van der Waals surface area contributed by atoms with Crippen LogP contribution in [0.25, 0.3) is 11.3 Å². The van der Waals surface area contributed by atoms with E-state index in [1.54, 1.807) is 12.4 Å². The van der Waals surface area contributed by atoms with Crippen LogP contribution in [0.15, 0.2) is 12.4 Å². The van der Waals surface area contributed by atoms with Gasteiger partial charge in [0.15, 0.2) is 0 Å². The van der Waals surface area contributed by atoms with Crippen LogP contribution in [0.2, 0.25) is 0 Å². The topological polar surface area (TPSA) is 123 Å². The lowest BCUT2D eigenvalue weighted by Crippen LogP contribution is -2.49. The number of rotatable bonds is 4. The Bertz CT molecular complexity index is 1100. The summed E-state index contributed by atoms with van der Waals surface area (Å²) in [5, 5.41) is 0. The zero-order valence-electron chi connectivity index (χ0n) is 20.1. The molecule has 11 heteroatoms. The van der Waals surface area contributed by atoms with Crippen molar-refractivity contribution < 1.29 is 14.3 Å². The van der Waals surface area contributed by atoms with E-state index in [1.165, 1.54) is 0 Å². The molecule has 35 heavy (non-hydrogen) atoms. The number of carbonyl (C=O) groups is 1. The van der Waals surface area contributed by atoms with Crippen LogP contribution in [0.3, 0.4) is 0 Å². The summed E-state index contributed by atoms with van der Waals surface area (Å²) in [5.74, 6) is 2.11. The highest BCUT2D eigenvalue weighted by atomic mass is 16.5. The number of anilines is 3. The quantitative estimate of drug-likeness (QED) is 0.670. The molecule has 0 aliphatic carbocycles. The van der Waals surface area contributed by atoms with Crippen LogP contribution in [0.1, 0.15) is 25.3 Å². The summed E-state index contributed by atoms with van der Waals surface area (Å²) in [6.07, 6.45) is 6.03. The van der Waals surface area contributed by atoms with Crippen molar-refractivity contribution in [2.45, 2.75) is 31.7 Å². The molecule has 0 spiro atoms. The average molecular weight is 481 g/mol. The Balaban J connectivity index is 1.34. The summed E-state index contributed by atoms with van der Waals surface area (Å²) < 4.78 is 11.0. The standard InChI is InChI=1S/C24H32N8O3/c1-24(4-6-31(15-24)21(33)16-3-9-35-14-16)32-5-2-18-19(17-12-26-22(25)27-13-17)28-23(29-20(18)32)30-7-10-34-11-8-30/h12-13,16H,2-11,14-15H2,1H3,(H2,25,26,27)/t16-,24-/m0/s1. The third-order valence-electron chi connectivity index (χ3n) is 7.75. The maximum Gasteiger partial charge on any atom is 0.228 e. The largest absolute Gasteiger partial charge is 0.381 e. The van der Waals surface area contributed by atoms with Gasteiger partial charge in [-0.2, -0.15) is 4.98 Å². The fraction of sp³-hybridized carbons (Fsp3) is 0.625. The summed E-state index contributed by atoms with van der Waals surface area (Å²) in [5.41, 5.74) is 8.35. The number of carbonyl (C=O) groups excluding carboxylic acids is 1. The zero-order valence-corrected chi connectivity index (χ0v) is 20.1. The molecule has 3 saturated heterocycles. The third kappa shape index (κ3) is 4.06. The Morgan fingerprint density at radius 1 is 1.09 bits per heavy atom. The van der Waals surface area contributed by atoms with Gasteiger partial charge in [0.2, 0.25) is 17.8 Å². The molecule has 4 aliphatic rings. The second-order valence-corrected chi connectivity index (χ2v) is 10.1. The zero-order chi connectivity index (χ0) is 24.0. The minimum Gasteiger partial charge on any atom is -0.381 e. The minimum absolute atomic E-state index is 0.00409. The number of amides is 1. The number of hydrogen-bond donors (Lipinski definition) is 1. The van der Waals surface area contributed by atoms with Gasteiger partial charge in [0.25, 0.3) is 0 Å². The van der Waals surface area contributed by atoms with Crippen molar-refractivity contribution in [1.29, 1.82) is 0 Å². The van der Waals surface area contributed by atoms with Crippen LogP contribution in [0.4, 0.5) is 17.7 Å². The second kappa shape index (κ2) is 8.87. The Labute approximate surface area is 204 Å². The number of aromatic nitrogens is 4. The van der Waals surface area contributed by atoms with Crippen molar-refractivity contribution in [3.8, 4) is 11.3 Å². The van der Waals surface area contributed by atoms with Gasteiger partial charge in [-0.15, -0.1) is 0 Å². The number of nitrogens with two attached hydrogens (primary N) is 1. The molecule has 2 N–H and O–H groups in total. The van der Waals surface area contributed by atoms with Crippen molar-refractivity contribution in [1.82, 2.24) is 24.8 Å². The van der Waals surface area contributed by atoms with Crippen molar-refractivity contribution in [3.63, 3.8) is 0 Å². The Morgan fingerprint density at radius 3 is 2.63 bits per heavy atom. The van der Waals surface area contributed by atoms with E-state index in [4.69, 9.17) is 25.2 Å². The number of ether oxygens (including phenoxy) is 2. The molecule has 6 rings (SSSR count). The van der Waals surface area contributed by atoms with Crippen LogP contribution >= 0.6 is 0 Å². The number of nitrogen functional groups attached to an aromatic ring is 1. The molecule has 3 fully saturated rings. The minimum atomic E-state index is -0.189. The number of nitrogens with zero attached hydrogens (tertiary/aromatic N) is 7. The molecule has 6 heterocycles. The van der Waals surface area contributed by atoms with Gasteiger partial charge in [-0.3, -0.25) is 4.79 Å². The molecule has 0 radical (unpaired) electrons. The van der Waals surface area contributed by atoms with E-state index in [0.29, 0.717) is 38.9 Å². The molecule has 0 saturated carbocycles. The van der Waals surface area contributed by atoms with Gasteiger partial charge >= 0.3 is 0 Å². The first-order valence-electron chi connectivity index (χ1n) is 12.5. The Hall–Kier alpha value is -3.05. The van der Waals surface area contributed by atoms with E-state index < -0.39 is 0 Å². The van der Waals surface area contributed by atoms with E-state index in [9.17, 15) is 4.79 Å². The van der Waals surface area contributed by atoms with Gasteiger partial charge in [0.1, 0.15) is 5.82 Å². The molecule has 0 unspecified atom stereocenters. The maximum atomic E-state index is 13.1. The fourth-order valence-corrected chi connectivity index (χ4v) is 5.71. The molecule has 0 aromatic carbocycles. The molecule has 2 aromatic rings. The van der Waals surface area contributed by atoms with Crippen LogP contribution in [-0.4, -0.2) is 95.4 Å². The maximum absolute atomic E-state index is 13.1. The number of hydrogen-bond acceptors (Lipinski definition) is 10. The lowest BCUT2D eigenvalue weighted by atomic mass is 9.99. The Morgan fingerprint density at radius 2 is 1.89 bits per heavy atom. The highest BCUT2D eigenvalue weighted by molar-refractivity contribution is 5.80. The van der Waals surface area contributed by atoms with Gasteiger partial charge in [-0.05, 0) is 26.2 Å². The van der Waals surface area contributed by atoms with E-state index in [2.05, 4.69) is 26.7 Å². The van der Waals surface area contributed by atoms with E-state index in [0.717, 1.165) is 68.1 Å². The molecule has 2 atom stereocenters. The van der Waals surface area contributed by atoms with Crippen molar-refractivity contribution in [2.75, 3.05) is 74.7 Å². The molecular formula is C24H32N8O3. The van der Waals surface area contributed by atoms with E-state index >= 15 is 0 Å². The average Bonchev–Trinajstić information content (AvgIpc) is 3.64. The van der Waals surface area contributed by atoms with Crippen molar-refractivity contribution in [3.05, 3.63) is 18.0 Å². The van der Waals surface area contributed by atoms with E-state index in [-0.39, 0.29) is 23.3 Å². The third-order valence-corrected chi connectivity index (χ3v) is 7.75. The highest BCUT2D eigenvalue weighted by Gasteiger charge is 2.45. The normalized spacial score (nSPS) is 26.4. The van der Waals surface area contributed by atoms with Crippen molar-refractivity contribution >= 4 is 23.6 Å². The van der Waals surface area contributed by atoms with Crippen LogP contribution in [0.5, 0.6) is 0 Å². The van der Waals surface area contributed by atoms with Gasteiger partial charge in [0, 0.05) is 62.9 Å². The first-order chi connectivity index (χ1) is 17.0. The smallest absolute Gasteiger partial charge is 0.228 e. The van der Waals surface area contributed by atoms with Gasteiger partial charge in [0.05, 0.1) is 37.0 Å². The molecular weight excluding hydrogens is 448 g/mol. The van der Waals surface area contributed by atoms with Gasteiger partial charge < -0.3 is 29.9 Å². The number of morpholine rings is 1. The molecule has 1 amide bonds. The lowest BCUT2D eigenvalue weighted by Gasteiger charge is -2.37. The summed E-state index contributed by atoms with van der Waals surface area (Å²) in [7, 11) is 0. The molecule has 2 aromatic heterocycles. The van der Waals surface area contributed by atoms with Crippen LogP contribution < -0.4 is 15.5 Å². The predicted molar refractivity (Wildman–Crippen MR) is 130 cm³/mol. The SMILES string of the molecule is C[C@]1(N2CCc3c(-c4cnc(N)nc4)nc(N4CCOCC4)nc32)CCN(C(=O)[C@H]2CCOC2)C1. The monoisotopic (exact) mass is 480 g/mol. The van der Waals surface area contributed by atoms with Crippen LogP contribution in [-0.2, 0) is 20.7 Å². The predicted octanol–water partition coefficient (Wildman–Crippen LogP) is 0.742. The summed E-state index contributed by atoms with van der Waals surface area (Å²) >= 11 is 0. The lowest BCUT2D eigenvalue weighted by molar-refractivity contribution is -0.134. The summed E-state index contributed by atoms with van der Waals surface area (Å²) in [4.78, 5) is 38.2. The summed E-state index contributed by atoms with van der Waals surface area (Å²) in [6.45, 7) is 8.58. The molecule has 4 aliphatic heterocycles. The first-order valence-corrected chi connectivity index (χ1v) is 12.5. The van der Waals surface area contributed by atoms with Gasteiger partial charge in [-0.1, -0.05) is 0 Å².